The maximum absolute atomic E-state index is 12.6. The van der Waals surface area contributed by atoms with Gasteiger partial charge in [0.05, 0.1) is 5.56 Å². The van der Waals surface area contributed by atoms with Gasteiger partial charge < -0.3 is 9.73 Å². The van der Waals surface area contributed by atoms with Gasteiger partial charge in [0.15, 0.2) is 5.78 Å². The quantitative estimate of drug-likeness (QED) is 0.671. The second-order valence-corrected chi connectivity index (χ2v) is 6.59. The highest BCUT2D eigenvalue weighted by Crippen LogP contribution is 2.30. The molecule has 2 aromatic rings. The van der Waals surface area contributed by atoms with Gasteiger partial charge in [-0.25, -0.2) is 0 Å². The number of carbonyl (C=O) groups excluding carboxylic acids is 1. The number of ketones is 1. The number of rotatable bonds is 2. The Kier molecular flexibility index (Phi) is 3.44. The number of aryl methyl sites for hydroxylation is 2. The lowest BCUT2D eigenvalue weighted by atomic mass is 9.85. The zero-order valence-corrected chi connectivity index (χ0v) is 13.5. The molecular formula is C19H21NO2. The van der Waals surface area contributed by atoms with Crippen LogP contribution in [0, 0.1) is 13.8 Å². The van der Waals surface area contributed by atoms with Gasteiger partial charge in [-0.3, -0.25) is 4.79 Å². The van der Waals surface area contributed by atoms with E-state index in [-0.39, 0.29) is 11.3 Å². The third-order valence-electron chi connectivity index (χ3n) is 3.99. The first kappa shape index (κ1) is 14.6. The van der Waals surface area contributed by atoms with E-state index in [1.807, 2.05) is 26.0 Å². The predicted molar refractivity (Wildman–Crippen MR) is 87.9 cm³/mol. The molecule has 1 aliphatic rings. The van der Waals surface area contributed by atoms with Gasteiger partial charge in [0, 0.05) is 22.9 Å². The van der Waals surface area contributed by atoms with E-state index in [4.69, 9.17) is 4.42 Å². The van der Waals surface area contributed by atoms with Gasteiger partial charge in [0.1, 0.15) is 11.5 Å². The standard InChI is InChI=1S/C19H21NO2/c1-12-9-16(13(2)22-12)18(21)10-17-15-8-6-5-7-14(15)11-19(3,4)20-17/h5-10,20H,11H2,1-4H3. The van der Waals surface area contributed by atoms with Crippen LogP contribution < -0.4 is 5.32 Å². The van der Waals surface area contributed by atoms with Crippen LogP contribution in [-0.4, -0.2) is 11.3 Å². The van der Waals surface area contributed by atoms with E-state index >= 15 is 0 Å². The number of hydrogen-bond acceptors (Lipinski definition) is 3. The van der Waals surface area contributed by atoms with Crippen molar-refractivity contribution in [1.29, 1.82) is 0 Å². The molecule has 0 bridgehead atoms. The van der Waals surface area contributed by atoms with E-state index in [0.29, 0.717) is 11.3 Å². The van der Waals surface area contributed by atoms with E-state index in [1.54, 1.807) is 12.1 Å². The smallest absolute Gasteiger partial charge is 0.191 e. The van der Waals surface area contributed by atoms with Gasteiger partial charge >= 0.3 is 0 Å². The Morgan fingerprint density at radius 3 is 2.68 bits per heavy atom. The van der Waals surface area contributed by atoms with Crippen molar-refractivity contribution in [3.05, 3.63) is 64.6 Å². The first-order valence-electron chi connectivity index (χ1n) is 7.55. The van der Waals surface area contributed by atoms with Crippen LogP contribution in [-0.2, 0) is 6.42 Å². The average Bonchev–Trinajstić information content (AvgIpc) is 2.76. The van der Waals surface area contributed by atoms with E-state index in [1.165, 1.54) is 5.56 Å². The molecule has 0 saturated carbocycles. The molecule has 0 fully saturated rings. The maximum atomic E-state index is 12.6. The number of allylic oxidation sites excluding steroid dienone is 1. The lowest BCUT2D eigenvalue weighted by molar-refractivity contribution is 0.104. The summed E-state index contributed by atoms with van der Waals surface area (Å²) >= 11 is 0. The van der Waals surface area contributed by atoms with Crippen LogP contribution in [0.1, 0.15) is 46.9 Å². The second-order valence-electron chi connectivity index (χ2n) is 6.59. The number of fused-ring (bicyclic) bond motifs is 1. The fourth-order valence-corrected chi connectivity index (χ4v) is 3.09. The SMILES string of the molecule is Cc1cc(C(=O)C=C2NC(C)(C)Cc3ccccc32)c(C)o1. The molecule has 3 rings (SSSR count). The maximum Gasteiger partial charge on any atom is 0.191 e. The Morgan fingerprint density at radius 2 is 2.00 bits per heavy atom. The minimum atomic E-state index is -0.0676. The molecule has 0 radical (unpaired) electrons. The zero-order valence-electron chi connectivity index (χ0n) is 13.5. The van der Waals surface area contributed by atoms with Crippen molar-refractivity contribution in [3.8, 4) is 0 Å². The Hall–Kier alpha value is -2.29. The molecule has 114 valence electrons. The van der Waals surface area contributed by atoms with Crippen LogP contribution in [0.3, 0.4) is 0 Å². The first-order valence-corrected chi connectivity index (χ1v) is 7.55. The summed E-state index contributed by atoms with van der Waals surface area (Å²) in [5.74, 6) is 1.41. The number of nitrogens with one attached hydrogen (secondary N) is 1. The Morgan fingerprint density at radius 1 is 1.27 bits per heavy atom. The molecule has 1 aromatic carbocycles. The van der Waals surface area contributed by atoms with Crippen LogP contribution in [0.4, 0.5) is 0 Å². The van der Waals surface area contributed by atoms with Crippen molar-refractivity contribution in [2.75, 3.05) is 0 Å². The molecule has 3 nitrogen and oxygen atoms in total. The van der Waals surface area contributed by atoms with Gasteiger partial charge in [-0.2, -0.15) is 0 Å². The Labute approximate surface area is 131 Å². The molecule has 0 amide bonds. The van der Waals surface area contributed by atoms with Crippen LogP contribution in [0.2, 0.25) is 0 Å². The van der Waals surface area contributed by atoms with Gasteiger partial charge in [-0.15, -0.1) is 0 Å². The largest absolute Gasteiger partial charge is 0.466 e. The summed E-state index contributed by atoms with van der Waals surface area (Å²) in [6, 6.07) is 10.0. The number of furan rings is 1. The molecular weight excluding hydrogens is 274 g/mol. The number of carbonyl (C=O) groups is 1. The van der Waals surface area contributed by atoms with Crippen LogP contribution in [0.25, 0.3) is 5.70 Å². The molecule has 0 saturated heterocycles. The molecule has 3 heteroatoms. The second kappa shape index (κ2) is 5.16. The highest BCUT2D eigenvalue weighted by molar-refractivity contribution is 6.09. The molecule has 22 heavy (non-hydrogen) atoms. The van der Waals surface area contributed by atoms with Crippen molar-refractivity contribution in [1.82, 2.24) is 5.32 Å². The summed E-state index contributed by atoms with van der Waals surface area (Å²) in [5, 5.41) is 3.49. The monoisotopic (exact) mass is 295 g/mol. The zero-order chi connectivity index (χ0) is 15.9. The highest BCUT2D eigenvalue weighted by atomic mass is 16.3. The molecule has 2 heterocycles. The molecule has 0 aliphatic carbocycles. The molecule has 0 spiro atoms. The van der Waals surface area contributed by atoms with Crippen molar-refractivity contribution in [3.63, 3.8) is 0 Å². The van der Waals surface area contributed by atoms with Crippen LogP contribution in [0.15, 0.2) is 40.8 Å². The molecule has 0 atom stereocenters. The Balaban J connectivity index is 2.03. The van der Waals surface area contributed by atoms with Crippen molar-refractivity contribution in [2.45, 2.75) is 39.7 Å². The minimum Gasteiger partial charge on any atom is -0.466 e. The summed E-state index contributed by atoms with van der Waals surface area (Å²) in [4.78, 5) is 12.6. The molecule has 0 unspecified atom stereocenters. The van der Waals surface area contributed by atoms with E-state index in [2.05, 4.69) is 31.3 Å². The average molecular weight is 295 g/mol. The van der Waals surface area contributed by atoms with Crippen molar-refractivity contribution in [2.24, 2.45) is 0 Å². The summed E-state index contributed by atoms with van der Waals surface area (Å²) in [5.41, 5.74) is 3.82. The summed E-state index contributed by atoms with van der Waals surface area (Å²) in [6.45, 7) is 7.97. The third-order valence-corrected chi connectivity index (χ3v) is 3.99. The summed E-state index contributed by atoms with van der Waals surface area (Å²) in [7, 11) is 0. The number of benzene rings is 1. The topological polar surface area (TPSA) is 42.2 Å². The summed E-state index contributed by atoms with van der Waals surface area (Å²) in [6.07, 6.45) is 2.63. The predicted octanol–water partition coefficient (Wildman–Crippen LogP) is 4.04. The normalized spacial score (nSPS) is 17.9. The Bertz CT molecular complexity index is 765. The summed E-state index contributed by atoms with van der Waals surface area (Å²) < 4.78 is 5.46. The highest BCUT2D eigenvalue weighted by Gasteiger charge is 2.27. The van der Waals surface area contributed by atoms with E-state index in [9.17, 15) is 4.79 Å². The third kappa shape index (κ3) is 2.71. The van der Waals surface area contributed by atoms with E-state index < -0.39 is 0 Å². The minimum absolute atomic E-state index is 0.0237. The molecule has 1 aromatic heterocycles. The van der Waals surface area contributed by atoms with Gasteiger partial charge in [-0.05, 0) is 45.7 Å². The van der Waals surface area contributed by atoms with Crippen LogP contribution in [0.5, 0.6) is 0 Å². The van der Waals surface area contributed by atoms with Gasteiger partial charge in [0.2, 0.25) is 0 Å². The van der Waals surface area contributed by atoms with Crippen LogP contribution >= 0.6 is 0 Å². The fraction of sp³-hybridized carbons (Fsp3) is 0.316. The van der Waals surface area contributed by atoms with E-state index in [0.717, 1.165) is 23.4 Å². The fourth-order valence-electron chi connectivity index (χ4n) is 3.09. The first-order chi connectivity index (χ1) is 10.4. The lowest BCUT2D eigenvalue weighted by Gasteiger charge is -2.35. The molecule has 1 aliphatic heterocycles. The van der Waals surface area contributed by atoms with Crippen molar-refractivity contribution < 1.29 is 9.21 Å². The van der Waals surface area contributed by atoms with Gasteiger partial charge in [0.25, 0.3) is 0 Å². The number of hydrogen-bond donors (Lipinski definition) is 1. The van der Waals surface area contributed by atoms with Gasteiger partial charge in [-0.1, -0.05) is 24.3 Å². The van der Waals surface area contributed by atoms with Crippen molar-refractivity contribution >= 4 is 11.5 Å². The lowest BCUT2D eigenvalue weighted by Crippen LogP contribution is -2.43. The molecule has 1 N–H and O–H groups in total.